The lowest BCUT2D eigenvalue weighted by Crippen LogP contribution is -2.42. The van der Waals surface area contributed by atoms with Gasteiger partial charge in [0.1, 0.15) is 21.7 Å². The Morgan fingerprint density at radius 1 is 1.03 bits per heavy atom. The predicted octanol–water partition coefficient (Wildman–Crippen LogP) is 3.74. The largest absolute Gasteiger partial charge is 0.495 e. The van der Waals surface area contributed by atoms with Crippen LogP contribution in [0.15, 0.2) is 41.3 Å². The summed E-state index contributed by atoms with van der Waals surface area (Å²) in [6.07, 6.45) is 1.02. The maximum absolute atomic E-state index is 13.0. The lowest BCUT2D eigenvalue weighted by molar-refractivity contribution is 0.0962. The van der Waals surface area contributed by atoms with Gasteiger partial charge < -0.3 is 9.47 Å². The van der Waals surface area contributed by atoms with E-state index in [1.54, 1.807) is 26.4 Å². The van der Waals surface area contributed by atoms with Gasteiger partial charge in [0, 0.05) is 18.7 Å². The van der Waals surface area contributed by atoms with Crippen molar-refractivity contribution in [1.29, 1.82) is 0 Å². The summed E-state index contributed by atoms with van der Waals surface area (Å²) in [5.74, 6) is 1.47. The maximum Gasteiger partial charge on any atom is 0.269 e. The molecule has 4 rings (SSSR count). The molecular weight excluding hydrogens is 476 g/mol. The molecule has 1 aliphatic heterocycles. The van der Waals surface area contributed by atoms with Crippen molar-refractivity contribution >= 4 is 42.6 Å². The number of thiazole rings is 1. The SMILES string of the molecule is COc1ccc(OC)c2sc(NNC(=O)c3ccc(S(=O)(=O)N4C[C@H](C)C[C@@H](C)C4)cc3)nc12. The monoisotopic (exact) mass is 504 g/mol. The van der Waals surface area contributed by atoms with Gasteiger partial charge in [0.2, 0.25) is 15.2 Å². The first-order valence-electron chi connectivity index (χ1n) is 10.9. The van der Waals surface area contributed by atoms with Gasteiger partial charge in [-0.05, 0) is 54.7 Å². The van der Waals surface area contributed by atoms with Crippen LogP contribution in [-0.4, -0.2) is 50.9 Å². The van der Waals surface area contributed by atoms with Crippen LogP contribution in [0.3, 0.4) is 0 Å². The molecule has 2 N–H and O–H groups in total. The molecule has 1 amide bonds. The molecule has 0 unspecified atom stereocenters. The number of benzene rings is 2. The van der Waals surface area contributed by atoms with Crippen LogP contribution in [0.2, 0.25) is 0 Å². The summed E-state index contributed by atoms with van der Waals surface area (Å²) in [6, 6.07) is 9.52. The molecule has 2 aromatic carbocycles. The fourth-order valence-electron chi connectivity index (χ4n) is 4.25. The van der Waals surface area contributed by atoms with Crippen LogP contribution in [0.1, 0.15) is 30.6 Å². The lowest BCUT2D eigenvalue weighted by atomic mass is 9.94. The number of rotatable bonds is 7. The van der Waals surface area contributed by atoms with Gasteiger partial charge in [-0.2, -0.15) is 4.31 Å². The number of sulfonamides is 1. The number of hydrogen-bond acceptors (Lipinski definition) is 8. The number of carbonyl (C=O) groups excluding carboxylic acids is 1. The molecule has 1 fully saturated rings. The maximum atomic E-state index is 13.0. The summed E-state index contributed by atoms with van der Waals surface area (Å²) < 4.78 is 39.1. The van der Waals surface area contributed by atoms with E-state index in [-0.39, 0.29) is 4.90 Å². The van der Waals surface area contributed by atoms with E-state index in [1.807, 2.05) is 0 Å². The average molecular weight is 505 g/mol. The summed E-state index contributed by atoms with van der Waals surface area (Å²) in [5.41, 5.74) is 6.36. The van der Waals surface area contributed by atoms with Crippen molar-refractivity contribution in [2.75, 3.05) is 32.7 Å². The van der Waals surface area contributed by atoms with Gasteiger partial charge in [-0.15, -0.1) is 0 Å². The fraction of sp³-hybridized carbons (Fsp3) is 0.391. The first kappa shape index (κ1) is 24.2. The van der Waals surface area contributed by atoms with E-state index in [9.17, 15) is 13.2 Å². The van der Waals surface area contributed by atoms with E-state index in [1.165, 1.54) is 39.9 Å². The minimum Gasteiger partial charge on any atom is -0.495 e. The Hall–Kier alpha value is -2.89. The molecule has 34 heavy (non-hydrogen) atoms. The van der Waals surface area contributed by atoms with Gasteiger partial charge in [0.05, 0.1) is 19.1 Å². The summed E-state index contributed by atoms with van der Waals surface area (Å²) in [6.45, 7) is 5.15. The minimum atomic E-state index is -3.60. The number of anilines is 1. The van der Waals surface area contributed by atoms with Gasteiger partial charge in [-0.3, -0.25) is 15.6 Å². The third kappa shape index (κ3) is 4.82. The van der Waals surface area contributed by atoms with Gasteiger partial charge in [-0.25, -0.2) is 13.4 Å². The van der Waals surface area contributed by atoms with Crippen LogP contribution < -0.4 is 20.3 Å². The van der Waals surface area contributed by atoms with E-state index in [2.05, 4.69) is 29.7 Å². The van der Waals surface area contributed by atoms with Gasteiger partial charge in [0.25, 0.3) is 5.91 Å². The first-order chi connectivity index (χ1) is 16.2. The van der Waals surface area contributed by atoms with Crippen molar-refractivity contribution < 1.29 is 22.7 Å². The number of nitrogens with zero attached hydrogens (tertiary/aromatic N) is 2. The van der Waals surface area contributed by atoms with Crippen LogP contribution in [0.25, 0.3) is 10.2 Å². The standard InChI is InChI=1S/C23H28N4O5S2/c1-14-11-15(2)13-27(12-14)34(29,30)17-7-5-16(6-8-17)22(28)25-26-23-24-20-18(31-3)9-10-19(32-4)21(20)33-23/h5-10,14-15H,11-13H2,1-4H3,(H,24,26)(H,25,28)/t14-,15-/m1/s1. The van der Waals surface area contributed by atoms with Crippen LogP contribution in [-0.2, 0) is 10.0 Å². The summed E-state index contributed by atoms with van der Waals surface area (Å²) in [4.78, 5) is 17.3. The van der Waals surface area contributed by atoms with E-state index in [4.69, 9.17) is 9.47 Å². The molecule has 0 spiro atoms. The lowest BCUT2D eigenvalue weighted by Gasteiger charge is -2.34. The van der Waals surface area contributed by atoms with Gasteiger partial charge in [0.15, 0.2) is 0 Å². The zero-order valence-electron chi connectivity index (χ0n) is 19.5. The van der Waals surface area contributed by atoms with E-state index in [0.717, 1.165) is 11.1 Å². The second-order valence-corrected chi connectivity index (χ2v) is 11.5. The summed E-state index contributed by atoms with van der Waals surface area (Å²) in [7, 11) is -0.463. The number of nitrogens with one attached hydrogen (secondary N) is 2. The number of amides is 1. The number of fused-ring (bicyclic) bond motifs is 1. The van der Waals surface area contributed by atoms with E-state index < -0.39 is 15.9 Å². The van der Waals surface area contributed by atoms with Crippen molar-refractivity contribution in [3.63, 3.8) is 0 Å². The second-order valence-electron chi connectivity index (χ2n) is 8.54. The first-order valence-corrected chi connectivity index (χ1v) is 13.2. The molecule has 0 aliphatic carbocycles. The highest BCUT2D eigenvalue weighted by atomic mass is 32.2. The molecule has 11 heteroatoms. The molecule has 9 nitrogen and oxygen atoms in total. The summed E-state index contributed by atoms with van der Waals surface area (Å²) >= 11 is 1.31. The Bertz CT molecular complexity index is 1240. The fourth-order valence-corrected chi connectivity index (χ4v) is 6.86. The molecule has 0 bridgehead atoms. The van der Waals surface area contributed by atoms with E-state index >= 15 is 0 Å². The molecular formula is C23H28N4O5S2. The number of ether oxygens (including phenoxy) is 2. The molecule has 3 aromatic rings. The quantitative estimate of drug-likeness (QED) is 0.472. The van der Waals surface area contributed by atoms with Gasteiger partial charge in [-0.1, -0.05) is 25.2 Å². The minimum absolute atomic E-state index is 0.184. The molecule has 0 radical (unpaired) electrons. The van der Waals surface area contributed by atoms with Crippen LogP contribution in [0, 0.1) is 11.8 Å². The summed E-state index contributed by atoms with van der Waals surface area (Å²) in [5, 5.41) is 0.457. The molecule has 1 aromatic heterocycles. The number of piperidine rings is 1. The predicted molar refractivity (Wildman–Crippen MR) is 132 cm³/mol. The van der Waals surface area contributed by atoms with Crippen molar-refractivity contribution in [2.45, 2.75) is 25.2 Å². The Labute approximate surface area is 203 Å². The third-order valence-corrected chi connectivity index (χ3v) is 8.61. The van der Waals surface area contributed by atoms with Crippen LogP contribution in [0.5, 0.6) is 11.5 Å². The average Bonchev–Trinajstić information content (AvgIpc) is 3.25. The van der Waals surface area contributed by atoms with Crippen molar-refractivity contribution in [3.05, 3.63) is 42.0 Å². The molecule has 2 heterocycles. The molecule has 0 saturated carbocycles. The highest BCUT2D eigenvalue weighted by Gasteiger charge is 2.31. The molecule has 2 atom stereocenters. The van der Waals surface area contributed by atoms with E-state index in [0.29, 0.717) is 52.6 Å². The Morgan fingerprint density at radius 2 is 1.65 bits per heavy atom. The second kappa shape index (κ2) is 9.77. The number of methoxy groups -OCH3 is 2. The normalized spacial score (nSPS) is 19.1. The Kier molecular flexibility index (Phi) is 6.96. The molecule has 182 valence electrons. The van der Waals surface area contributed by atoms with Crippen LogP contribution >= 0.6 is 11.3 Å². The number of hydrazine groups is 1. The Morgan fingerprint density at radius 3 is 2.26 bits per heavy atom. The topological polar surface area (TPSA) is 110 Å². The smallest absolute Gasteiger partial charge is 0.269 e. The molecule has 1 aliphatic rings. The Balaban J connectivity index is 1.45. The van der Waals surface area contributed by atoms with Gasteiger partial charge >= 0.3 is 0 Å². The number of aromatic nitrogens is 1. The van der Waals surface area contributed by atoms with Crippen molar-refractivity contribution in [3.8, 4) is 11.5 Å². The van der Waals surface area contributed by atoms with Crippen LogP contribution in [0.4, 0.5) is 5.13 Å². The molecule has 1 saturated heterocycles. The zero-order chi connectivity index (χ0) is 24.5. The van der Waals surface area contributed by atoms with Crippen molar-refractivity contribution in [2.24, 2.45) is 11.8 Å². The number of carbonyl (C=O) groups is 1. The highest BCUT2D eigenvalue weighted by molar-refractivity contribution is 7.89. The van der Waals surface area contributed by atoms with Crippen molar-refractivity contribution in [1.82, 2.24) is 14.7 Å². The zero-order valence-corrected chi connectivity index (χ0v) is 21.1. The highest BCUT2D eigenvalue weighted by Crippen LogP contribution is 2.38. The number of hydrogen-bond donors (Lipinski definition) is 2. The third-order valence-electron chi connectivity index (χ3n) is 5.78.